The molecule has 0 aliphatic rings. The van der Waals surface area contributed by atoms with E-state index < -0.39 is 0 Å². The van der Waals surface area contributed by atoms with E-state index in [1.807, 2.05) is 18.2 Å². The van der Waals surface area contributed by atoms with Crippen molar-refractivity contribution >= 4 is 45.0 Å². The standard InChI is InChI=1S/C12H14BrN3S/c1-3-16(4-2)12-14-10-6-5-8(13)7-9(10)11(17)15-12/h5-7H,3-4H2,1-2H3,(H,14,15,17). The smallest absolute Gasteiger partial charge is 0.204 e. The van der Waals surface area contributed by atoms with Crippen LogP contribution in [0.3, 0.4) is 0 Å². The normalized spacial score (nSPS) is 10.8. The van der Waals surface area contributed by atoms with E-state index in [1.54, 1.807) is 0 Å². The number of rotatable bonds is 3. The molecule has 0 radical (unpaired) electrons. The first-order chi connectivity index (χ1) is 8.15. The maximum atomic E-state index is 5.34. The average molecular weight is 312 g/mol. The van der Waals surface area contributed by atoms with Gasteiger partial charge >= 0.3 is 0 Å². The van der Waals surface area contributed by atoms with Crippen LogP contribution < -0.4 is 4.90 Å². The SMILES string of the molecule is CCN(CC)c1nc(=S)c2cc(Br)ccc2[nH]1. The van der Waals surface area contributed by atoms with Crippen LogP contribution in [-0.2, 0) is 0 Å². The van der Waals surface area contributed by atoms with Crippen molar-refractivity contribution in [2.45, 2.75) is 13.8 Å². The van der Waals surface area contributed by atoms with Crippen LogP contribution in [-0.4, -0.2) is 23.1 Å². The third kappa shape index (κ3) is 2.50. The van der Waals surface area contributed by atoms with Gasteiger partial charge in [0.25, 0.3) is 0 Å². The number of nitrogens with one attached hydrogen (secondary N) is 1. The van der Waals surface area contributed by atoms with Gasteiger partial charge in [-0.05, 0) is 32.0 Å². The molecule has 0 unspecified atom stereocenters. The average Bonchev–Trinajstić information content (AvgIpc) is 2.32. The molecular formula is C12H14BrN3S. The van der Waals surface area contributed by atoms with Crippen LogP contribution in [0.2, 0.25) is 0 Å². The summed E-state index contributed by atoms with van der Waals surface area (Å²) < 4.78 is 1.66. The zero-order valence-electron chi connectivity index (χ0n) is 9.83. The summed E-state index contributed by atoms with van der Waals surface area (Å²) in [6, 6.07) is 6.01. The Bertz CT molecular complexity index is 590. The van der Waals surface area contributed by atoms with Gasteiger partial charge in [-0.2, -0.15) is 0 Å². The lowest BCUT2D eigenvalue weighted by Gasteiger charge is -2.19. The number of nitrogens with zero attached hydrogens (tertiary/aromatic N) is 2. The number of aromatic amines is 1. The van der Waals surface area contributed by atoms with Gasteiger partial charge in [0.1, 0.15) is 4.64 Å². The van der Waals surface area contributed by atoms with Gasteiger partial charge in [-0.1, -0.05) is 28.1 Å². The second-order valence-electron chi connectivity index (χ2n) is 3.73. The Labute approximate surface area is 114 Å². The molecule has 2 aromatic rings. The third-order valence-corrected chi connectivity index (χ3v) is 3.53. The van der Waals surface area contributed by atoms with Crippen LogP contribution in [0.25, 0.3) is 10.9 Å². The van der Waals surface area contributed by atoms with E-state index in [4.69, 9.17) is 12.2 Å². The van der Waals surface area contributed by atoms with Crippen LogP contribution in [0.5, 0.6) is 0 Å². The molecule has 1 N–H and O–H groups in total. The van der Waals surface area contributed by atoms with Gasteiger partial charge in [0.05, 0.1) is 5.52 Å². The summed E-state index contributed by atoms with van der Waals surface area (Å²) in [5, 5.41) is 0.977. The summed E-state index contributed by atoms with van der Waals surface area (Å²) in [4.78, 5) is 9.92. The second kappa shape index (κ2) is 5.14. The molecule has 0 amide bonds. The van der Waals surface area contributed by atoms with E-state index in [0.29, 0.717) is 4.64 Å². The first-order valence-corrected chi connectivity index (χ1v) is 6.80. The minimum atomic E-state index is 0.641. The van der Waals surface area contributed by atoms with Gasteiger partial charge in [0.15, 0.2) is 0 Å². The number of benzene rings is 1. The highest BCUT2D eigenvalue weighted by Crippen LogP contribution is 2.21. The zero-order valence-corrected chi connectivity index (χ0v) is 12.2. The molecule has 2 rings (SSSR count). The molecule has 0 saturated carbocycles. The highest BCUT2D eigenvalue weighted by Gasteiger charge is 2.06. The highest BCUT2D eigenvalue weighted by molar-refractivity contribution is 9.10. The van der Waals surface area contributed by atoms with E-state index in [1.165, 1.54) is 0 Å². The predicted molar refractivity (Wildman–Crippen MR) is 78.2 cm³/mol. The fraction of sp³-hybridized carbons (Fsp3) is 0.333. The lowest BCUT2D eigenvalue weighted by Crippen LogP contribution is -2.24. The molecule has 0 spiro atoms. The summed E-state index contributed by atoms with van der Waals surface area (Å²) in [5.74, 6) is 0.842. The largest absolute Gasteiger partial charge is 0.343 e. The number of hydrogen-bond acceptors (Lipinski definition) is 3. The number of H-pyrrole nitrogens is 1. The molecule has 0 fully saturated rings. The van der Waals surface area contributed by atoms with Gasteiger partial charge in [0.2, 0.25) is 5.95 Å². The predicted octanol–water partition coefficient (Wildman–Crippen LogP) is 3.90. The Balaban J connectivity index is 2.63. The summed E-state index contributed by atoms with van der Waals surface area (Å²) in [7, 11) is 0. The Hall–Kier alpha value is -0.940. The molecule has 0 aliphatic heterocycles. The minimum absolute atomic E-state index is 0.641. The van der Waals surface area contributed by atoms with Crippen molar-refractivity contribution in [1.29, 1.82) is 0 Å². The van der Waals surface area contributed by atoms with E-state index in [-0.39, 0.29) is 0 Å². The summed E-state index contributed by atoms with van der Waals surface area (Å²) >= 11 is 8.78. The zero-order chi connectivity index (χ0) is 12.4. The van der Waals surface area contributed by atoms with Crippen LogP contribution in [0, 0.1) is 4.64 Å². The van der Waals surface area contributed by atoms with E-state index in [2.05, 4.69) is 44.6 Å². The molecule has 17 heavy (non-hydrogen) atoms. The second-order valence-corrected chi connectivity index (χ2v) is 5.03. The van der Waals surface area contributed by atoms with Crippen LogP contribution in [0.4, 0.5) is 5.95 Å². The maximum Gasteiger partial charge on any atom is 0.204 e. The maximum absolute atomic E-state index is 5.34. The highest BCUT2D eigenvalue weighted by atomic mass is 79.9. The van der Waals surface area contributed by atoms with Crippen molar-refractivity contribution in [3.8, 4) is 0 Å². The van der Waals surface area contributed by atoms with Crippen LogP contribution in [0.15, 0.2) is 22.7 Å². The van der Waals surface area contributed by atoms with E-state index in [9.17, 15) is 0 Å². The molecule has 0 aliphatic carbocycles. The first kappa shape index (κ1) is 12.5. The Morgan fingerprint density at radius 2 is 2.06 bits per heavy atom. The van der Waals surface area contributed by atoms with Gasteiger partial charge in [-0.3, -0.25) is 0 Å². The molecule has 90 valence electrons. The van der Waals surface area contributed by atoms with Gasteiger partial charge < -0.3 is 9.88 Å². The monoisotopic (exact) mass is 311 g/mol. The first-order valence-electron chi connectivity index (χ1n) is 5.60. The molecule has 1 aromatic heterocycles. The molecule has 0 atom stereocenters. The molecule has 0 saturated heterocycles. The van der Waals surface area contributed by atoms with Gasteiger partial charge in [-0.15, -0.1) is 0 Å². The number of hydrogen-bond donors (Lipinski definition) is 1. The molecule has 3 nitrogen and oxygen atoms in total. The Kier molecular flexibility index (Phi) is 3.79. The summed E-state index contributed by atoms with van der Waals surface area (Å²) in [5.41, 5.74) is 1.02. The Morgan fingerprint density at radius 1 is 1.35 bits per heavy atom. The summed E-state index contributed by atoms with van der Waals surface area (Å²) in [6.45, 7) is 6.04. The minimum Gasteiger partial charge on any atom is -0.343 e. The number of anilines is 1. The fourth-order valence-electron chi connectivity index (χ4n) is 1.78. The quantitative estimate of drug-likeness (QED) is 0.872. The summed E-state index contributed by atoms with van der Waals surface area (Å²) in [6.07, 6.45) is 0. The lowest BCUT2D eigenvalue weighted by molar-refractivity contribution is 0.825. The van der Waals surface area contributed by atoms with E-state index in [0.717, 1.165) is 34.4 Å². The van der Waals surface area contributed by atoms with Crippen molar-refractivity contribution in [3.63, 3.8) is 0 Å². The topological polar surface area (TPSA) is 31.9 Å². The van der Waals surface area contributed by atoms with Crippen molar-refractivity contribution in [3.05, 3.63) is 27.3 Å². The van der Waals surface area contributed by atoms with E-state index >= 15 is 0 Å². The fourth-order valence-corrected chi connectivity index (χ4v) is 2.40. The van der Waals surface area contributed by atoms with Crippen molar-refractivity contribution in [1.82, 2.24) is 9.97 Å². The number of fused-ring (bicyclic) bond motifs is 1. The van der Waals surface area contributed by atoms with Crippen LogP contribution >= 0.6 is 28.1 Å². The molecular weight excluding hydrogens is 298 g/mol. The Morgan fingerprint density at radius 3 is 2.71 bits per heavy atom. The molecule has 0 bridgehead atoms. The van der Waals surface area contributed by atoms with Gasteiger partial charge in [0, 0.05) is 22.9 Å². The van der Waals surface area contributed by atoms with Crippen molar-refractivity contribution < 1.29 is 0 Å². The van der Waals surface area contributed by atoms with Crippen LogP contribution in [0.1, 0.15) is 13.8 Å². The van der Waals surface area contributed by atoms with Gasteiger partial charge in [-0.25, -0.2) is 4.98 Å². The number of halogens is 1. The van der Waals surface area contributed by atoms with Crippen molar-refractivity contribution in [2.75, 3.05) is 18.0 Å². The molecule has 1 heterocycles. The molecule has 1 aromatic carbocycles. The lowest BCUT2D eigenvalue weighted by atomic mass is 10.2. The number of aromatic nitrogens is 2. The van der Waals surface area contributed by atoms with Crippen molar-refractivity contribution in [2.24, 2.45) is 0 Å². The third-order valence-electron chi connectivity index (χ3n) is 2.73. The molecule has 5 heteroatoms.